The number of rotatable bonds is 2. The first-order valence-electron chi connectivity index (χ1n) is 8.08. The van der Waals surface area contributed by atoms with Gasteiger partial charge in [0.1, 0.15) is 0 Å². The lowest BCUT2D eigenvalue weighted by Gasteiger charge is -2.37. The summed E-state index contributed by atoms with van der Waals surface area (Å²) < 4.78 is 5.89. The second-order valence-electron chi connectivity index (χ2n) is 6.32. The number of anilines is 1. The smallest absolute Gasteiger partial charge is 0.337 e. The lowest BCUT2D eigenvalue weighted by atomic mass is 9.77. The van der Waals surface area contributed by atoms with Crippen molar-refractivity contribution in [2.75, 3.05) is 12.4 Å². The van der Waals surface area contributed by atoms with Gasteiger partial charge < -0.3 is 10.1 Å². The molecule has 3 atom stereocenters. The van der Waals surface area contributed by atoms with Gasteiger partial charge in [0.2, 0.25) is 0 Å². The third-order valence-corrected chi connectivity index (χ3v) is 5.51. The normalized spacial score (nSPS) is 24.0. The highest BCUT2D eigenvalue weighted by Gasteiger charge is 2.37. The number of hydrogen-bond acceptors (Lipinski definition) is 3. The predicted molar refractivity (Wildman–Crippen MR) is 98.3 cm³/mol. The molecular formula is C20H18BrNO2. The van der Waals surface area contributed by atoms with Gasteiger partial charge in [-0.3, -0.25) is 0 Å². The minimum atomic E-state index is -0.297. The average molecular weight is 384 g/mol. The van der Waals surface area contributed by atoms with Crippen molar-refractivity contribution < 1.29 is 9.53 Å². The Balaban J connectivity index is 1.69. The zero-order chi connectivity index (χ0) is 16.7. The van der Waals surface area contributed by atoms with E-state index in [9.17, 15) is 4.79 Å². The number of allylic oxidation sites excluding steroid dienone is 2. The number of esters is 1. The Labute approximate surface area is 149 Å². The van der Waals surface area contributed by atoms with Gasteiger partial charge in [-0.25, -0.2) is 4.79 Å². The van der Waals surface area contributed by atoms with Crippen molar-refractivity contribution in [2.24, 2.45) is 5.92 Å². The van der Waals surface area contributed by atoms with E-state index < -0.39 is 0 Å². The molecule has 2 aliphatic rings. The Kier molecular flexibility index (Phi) is 3.93. The maximum atomic E-state index is 11.6. The molecule has 0 saturated heterocycles. The predicted octanol–water partition coefficient (Wildman–Crippen LogP) is 5.06. The fraction of sp³-hybridized carbons (Fsp3) is 0.250. The molecule has 24 heavy (non-hydrogen) atoms. The summed E-state index contributed by atoms with van der Waals surface area (Å²) >= 11 is 3.58. The average Bonchev–Trinajstić information content (AvgIpc) is 3.11. The maximum Gasteiger partial charge on any atom is 0.337 e. The summed E-state index contributed by atoms with van der Waals surface area (Å²) in [6, 6.07) is 14.4. The van der Waals surface area contributed by atoms with Crippen LogP contribution in [0, 0.1) is 5.92 Å². The summed E-state index contributed by atoms with van der Waals surface area (Å²) in [6.45, 7) is 0. The first-order valence-corrected chi connectivity index (χ1v) is 8.87. The van der Waals surface area contributed by atoms with E-state index in [4.69, 9.17) is 4.74 Å². The molecule has 0 fully saturated rings. The van der Waals surface area contributed by atoms with Crippen LogP contribution in [0.25, 0.3) is 0 Å². The molecule has 1 N–H and O–H groups in total. The van der Waals surface area contributed by atoms with Gasteiger partial charge >= 0.3 is 5.97 Å². The standard InChI is InChI=1S/C20H18BrNO2/c1-24-20(23)13-7-5-12(6-8-13)19-16-4-2-3-15(16)17-11-14(21)9-10-18(17)22-19/h2-3,5-11,15-16,19,22H,4H2,1H3/t15-,16+,19-/m0/s1. The third-order valence-electron chi connectivity index (χ3n) is 5.02. The van der Waals surface area contributed by atoms with Crippen LogP contribution in [0.5, 0.6) is 0 Å². The van der Waals surface area contributed by atoms with E-state index in [0.29, 0.717) is 17.4 Å². The molecule has 3 nitrogen and oxygen atoms in total. The van der Waals surface area contributed by atoms with E-state index in [2.05, 4.69) is 51.6 Å². The minimum absolute atomic E-state index is 0.241. The molecule has 1 aliphatic carbocycles. The van der Waals surface area contributed by atoms with E-state index in [0.717, 1.165) is 10.9 Å². The monoisotopic (exact) mass is 383 g/mol. The van der Waals surface area contributed by atoms with Crippen molar-refractivity contribution in [3.05, 3.63) is 75.8 Å². The van der Waals surface area contributed by atoms with Crippen molar-refractivity contribution in [3.63, 3.8) is 0 Å². The van der Waals surface area contributed by atoms with E-state index in [1.165, 1.54) is 23.9 Å². The molecule has 4 rings (SSSR count). The van der Waals surface area contributed by atoms with Gasteiger partial charge in [0.25, 0.3) is 0 Å². The number of carbonyl (C=O) groups is 1. The minimum Gasteiger partial charge on any atom is -0.465 e. The zero-order valence-electron chi connectivity index (χ0n) is 13.3. The molecule has 0 bridgehead atoms. The van der Waals surface area contributed by atoms with Crippen LogP contribution in [-0.2, 0) is 4.74 Å². The molecule has 0 amide bonds. The van der Waals surface area contributed by atoms with Gasteiger partial charge in [0, 0.05) is 16.1 Å². The van der Waals surface area contributed by atoms with Crippen molar-refractivity contribution in [3.8, 4) is 0 Å². The van der Waals surface area contributed by atoms with Gasteiger partial charge in [0.05, 0.1) is 18.7 Å². The van der Waals surface area contributed by atoms with Gasteiger partial charge in [-0.05, 0) is 53.8 Å². The molecule has 0 unspecified atom stereocenters. The van der Waals surface area contributed by atoms with E-state index in [1.54, 1.807) is 0 Å². The van der Waals surface area contributed by atoms with Gasteiger partial charge in [0.15, 0.2) is 0 Å². The van der Waals surface area contributed by atoms with Crippen LogP contribution in [0.3, 0.4) is 0 Å². The lowest BCUT2D eigenvalue weighted by molar-refractivity contribution is 0.0600. The second-order valence-corrected chi connectivity index (χ2v) is 7.24. The van der Waals surface area contributed by atoms with Crippen LogP contribution in [0.1, 0.15) is 39.9 Å². The number of ether oxygens (including phenoxy) is 1. The molecular weight excluding hydrogens is 366 g/mol. The summed E-state index contributed by atoms with van der Waals surface area (Å²) in [5, 5.41) is 3.70. The molecule has 1 aliphatic heterocycles. The number of carbonyl (C=O) groups excluding carboxylic acids is 1. The first-order chi connectivity index (χ1) is 11.7. The van der Waals surface area contributed by atoms with Crippen LogP contribution in [0.4, 0.5) is 5.69 Å². The molecule has 0 spiro atoms. The van der Waals surface area contributed by atoms with Gasteiger partial charge in [-0.2, -0.15) is 0 Å². The Morgan fingerprint density at radius 3 is 2.75 bits per heavy atom. The number of halogens is 1. The third kappa shape index (κ3) is 2.55. The highest BCUT2D eigenvalue weighted by atomic mass is 79.9. The highest BCUT2D eigenvalue weighted by Crippen LogP contribution is 2.50. The van der Waals surface area contributed by atoms with E-state index in [1.807, 2.05) is 24.3 Å². The molecule has 0 saturated carbocycles. The van der Waals surface area contributed by atoms with Crippen LogP contribution in [0.15, 0.2) is 59.1 Å². The number of fused-ring (bicyclic) bond motifs is 3. The highest BCUT2D eigenvalue weighted by molar-refractivity contribution is 9.10. The lowest BCUT2D eigenvalue weighted by Crippen LogP contribution is -2.29. The Morgan fingerprint density at radius 2 is 2.00 bits per heavy atom. The summed E-state index contributed by atoms with van der Waals surface area (Å²) in [5.41, 5.74) is 4.33. The van der Waals surface area contributed by atoms with Crippen LogP contribution < -0.4 is 5.32 Å². The molecule has 2 aromatic rings. The first kappa shape index (κ1) is 15.5. The molecule has 122 valence electrons. The van der Waals surface area contributed by atoms with Gasteiger partial charge in [-0.15, -0.1) is 0 Å². The Morgan fingerprint density at radius 1 is 1.21 bits per heavy atom. The SMILES string of the molecule is COC(=O)c1ccc([C@@H]2Nc3ccc(Br)cc3[C@H]3C=CC[C@H]32)cc1. The summed E-state index contributed by atoms with van der Waals surface area (Å²) in [6.07, 6.45) is 5.67. The summed E-state index contributed by atoms with van der Waals surface area (Å²) in [5.74, 6) is 0.633. The van der Waals surface area contributed by atoms with Crippen molar-refractivity contribution in [1.82, 2.24) is 0 Å². The molecule has 2 aromatic carbocycles. The second kappa shape index (κ2) is 6.10. The largest absolute Gasteiger partial charge is 0.465 e. The molecule has 4 heteroatoms. The van der Waals surface area contributed by atoms with E-state index in [-0.39, 0.29) is 12.0 Å². The van der Waals surface area contributed by atoms with Crippen molar-refractivity contribution in [2.45, 2.75) is 18.4 Å². The molecule has 0 aromatic heterocycles. The number of methoxy groups -OCH3 is 1. The van der Waals surface area contributed by atoms with E-state index >= 15 is 0 Å². The molecule has 1 heterocycles. The number of nitrogens with one attached hydrogen (secondary N) is 1. The van der Waals surface area contributed by atoms with Crippen molar-refractivity contribution in [1.29, 1.82) is 0 Å². The van der Waals surface area contributed by atoms with Gasteiger partial charge in [-0.1, -0.05) is 40.2 Å². The van der Waals surface area contributed by atoms with Crippen LogP contribution in [-0.4, -0.2) is 13.1 Å². The number of benzene rings is 2. The zero-order valence-corrected chi connectivity index (χ0v) is 14.9. The topological polar surface area (TPSA) is 38.3 Å². The summed E-state index contributed by atoms with van der Waals surface area (Å²) in [4.78, 5) is 11.6. The quantitative estimate of drug-likeness (QED) is 0.581. The Bertz CT molecular complexity index is 813. The van der Waals surface area contributed by atoms with Crippen molar-refractivity contribution >= 4 is 27.6 Å². The summed E-state index contributed by atoms with van der Waals surface area (Å²) in [7, 11) is 1.41. The number of hydrogen-bond donors (Lipinski definition) is 1. The maximum absolute atomic E-state index is 11.6. The van der Waals surface area contributed by atoms with Crippen LogP contribution >= 0.6 is 15.9 Å². The fourth-order valence-electron chi connectivity index (χ4n) is 3.84. The van der Waals surface area contributed by atoms with Crippen LogP contribution in [0.2, 0.25) is 0 Å². The fourth-order valence-corrected chi connectivity index (χ4v) is 4.22. The Hall–Kier alpha value is -2.07. The molecule has 0 radical (unpaired) electrons.